The summed E-state index contributed by atoms with van der Waals surface area (Å²) in [6, 6.07) is 17.9. The van der Waals surface area contributed by atoms with Gasteiger partial charge in [0, 0.05) is 20.0 Å². The molecule has 1 heterocycles. The first-order valence-electron chi connectivity index (χ1n) is 8.48. The summed E-state index contributed by atoms with van der Waals surface area (Å²) in [6.45, 7) is 0.177. The average molecular weight is 351 g/mol. The number of amides is 4. The van der Waals surface area contributed by atoms with Gasteiger partial charge in [0.1, 0.15) is 12.6 Å². The zero-order valence-electron chi connectivity index (χ0n) is 14.6. The summed E-state index contributed by atoms with van der Waals surface area (Å²) in [5, 5.41) is 2.66. The van der Waals surface area contributed by atoms with E-state index < -0.39 is 12.1 Å². The molecule has 1 aliphatic heterocycles. The van der Waals surface area contributed by atoms with Crippen LogP contribution in [0.2, 0.25) is 0 Å². The van der Waals surface area contributed by atoms with Crippen molar-refractivity contribution in [1.82, 2.24) is 15.1 Å². The maximum absolute atomic E-state index is 12.5. The first-order chi connectivity index (χ1) is 12.5. The molecule has 0 aromatic heterocycles. The third-order valence-corrected chi connectivity index (χ3v) is 4.37. The van der Waals surface area contributed by atoms with E-state index in [2.05, 4.69) is 5.32 Å². The number of carbonyl (C=O) groups is 3. The second kappa shape index (κ2) is 7.82. The molecule has 0 bridgehead atoms. The van der Waals surface area contributed by atoms with Crippen LogP contribution in [0.5, 0.6) is 0 Å². The van der Waals surface area contributed by atoms with Gasteiger partial charge in [-0.3, -0.25) is 14.5 Å². The van der Waals surface area contributed by atoms with Crippen LogP contribution in [0.4, 0.5) is 4.79 Å². The largest absolute Gasteiger partial charge is 0.340 e. The maximum Gasteiger partial charge on any atom is 0.325 e. The van der Waals surface area contributed by atoms with Crippen molar-refractivity contribution in [2.75, 3.05) is 13.6 Å². The van der Waals surface area contributed by atoms with E-state index in [1.807, 2.05) is 60.7 Å². The van der Waals surface area contributed by atoms with E-state index in [9.17, 15) is 14.4 Å². The Bertz CT molecular complexity index is 792. The molecule has 6 heteroatoms. The lowest BCUT2D eigenvalue weighted by atomic mass is 10.1. The average Bonchev–Trinajstić information content (AvgIpc) is 2.90. The number of imide groups is 1. The van der Waals surface area contributed by atoms with E-state index in [1.54, 1.807) is 7.05 Å². The Morgan fingerprint density at radius 1 is 1.00 bits per heavy atom. The molecule has 1 fully saturated rings. The molecule has 6 nitrogen and oxygen atoms in total. The number of likely N-dealkylation sites (N-methyl/N-ethyl adjacent to an activating group) is 1. The molecule has 2 aromatic carbocycles. The van der Waals surface area contributed by atoms with Gasteiger partial charge in [0.2, 0.25) is 5.91 Å². The third kappa shape index (κ3) is 4.08. The predicted molar refractivity (Wildman–Crippen MR) is 97.1 cm³/mol. The van der Waals surface area contributed by atoms with Crippen LogP contribution < -0.4 is 5.32 Å². The minimum absolute atomic E-state index is 0.251. The van der Waals surface area contributed by atoms with Gasteiger partial charge in [-0.2, -0.15) is 0 Å². The molecule has 4 amide bonds. The van der Waals surface area contributed by atoms with Crippen molar-refractivity contribution in [3.63, 3.8) is 0 Å². The Morgan fingerprint density at radius 2 is 1.58 bits per heavy atom. The summed E-state index contributed by atoms with van der Waals surface area (Å²) in [5.41, 5.74) is 1.95. The van der Waals surface area contributed by atoms with E-state index in [4.69, 9.17) is 0 Å². The van der Waals surface area contributed by atoms with Crippen LogP contribution in [-0.4, -0.2) is 47.3 Å². The Morgan fingerprint density at radius 3 is 2.19 bits per heavy atom. The molecule has 0 radical (unpaired) electrons. The van der Waals surface area contributed by atoms with Crippen molar-refractivity contribution in [1.29, 1.82) is 0 Å². The molecular weight excluding hydrogens is 330 g/mol. The van der Waals surface area contributed by atoms with Gasteiger partial charge in [0.25, 0.3) is 5.91 Å². The van der Waals surface area contributed by atoms with E-state index in [-0.39, 0.29) is 18.4 Å². The Balaban J connectivity index is 1.59. The number of benzene rings is 2. The fraction of sp³-hybridized carbons (Fsp3) is 0.250. The van der Waals surface area contributed by atoms with E-state index in [1.165, 1.54) is 4.90 Å². The van der Waals surface area contributed by atoms with Crippen LogP contribution >= 0.6 is 0 Å². The number of nitrogens with one attached hydrogen (secondary N) is 1. The summed E-state index contributed by atoms with van der Waals surface area (Å²) in [5.74, 6) is -0.641. The van der Waals surface area contributed by atoms with Crippen LogP contribution in [0.15, 0.2) is 60.7 Å². The van der Waals surface area contributed by atoms with Crippen LogP contribution in [0.25, 0.3) is 0 Å². The highest BCUT2D eigenvalue weighted by atomic mass is 16.2. The molecule has 1 saturated heterocycles. The first-order valence-corrected chi connectivity index (χ1v) is 8.48. The fourth-order valence-electron chi connectivity index (χ4n) is 2.92. The highest BCUT2D eigenvalue weighted by Crippen LogP contribution is 2.13. The fourth-order valence-corrected chi connectivity index (χ4v) is 2.92. The second-order valence-corrected chi connectivity index (χ2v) is 6.35. The van der Waals surface area contributed by atoms with Gasteiger partial charge in [-0.25, -0.2) is 4.79 Å². The minimum atomic E-state index is -0.628. The topological polar surface area (TPSA) is 69.7 Å². The summed E-state index contributed by atoms with van der Waals surface area (Å²) >= 11 is 0. The van der Waals surface area contributed by atoms with Crippen molar-refractivity contribution in [3.05, 3.63) is 71.8 Å². The molecule has 134 valence electrons. The molecule has 2 aromatic rings. The Kier molecular flexibility index (Phi) is 5.31. The number of hydrogen-bond donors (Lipinski definition) is 1. The molecule has 1 aliphatic rings. The smallest absolute Gasteiger partial charge is 0.325 e. The van der Waals surface area contributed by atoms with Crippen LogP contribution in [0, 0.1) is 0 Å². The summed E-state index contributed by atoms with van der Waals surface area (Å²) in [4.78, 5) is 39.6. The lowest BCUT2D eigenvalue weighted by molar-refractivity contribution is -0.136. The number of nitrogens with zero attached hydrogens (tertiary/aromatic N) is 2. The summed E-state index contributed by atoms with van der Waals surface area (Å²) in [7, 11) is 1.66. The van der Waals surface area contributed by atoms with Gasteiger partial charge in [-0.15, -0.1) is 0 Å². The minimum Gasteiger partial charge on any atom is -0.340 e. The van der Waals surface area contributed by atoms with Crippen LogP contribution in [0.3, 0.4) is 0 Å². The molecule has 1 N–H and O–H groups in total. The van der Waals surface area contributed by atoms with Crippen molar-refractivity contribution in [3.8, 4) is 0 Å². The standard InChI is InChI=1S/C20H21N3O3/c1-22(13-16-10-6-3-7-11-16)18(24)14-23-19(25)17(21-20(23)26)12-15-8-4-2-5-9-15/h2-11,17H,12-14H2,1H3,(H,21,26). The number of hydrogen-bond acceptors (Lipinski definition) is 3. The molecule has 3 rings (SSSR count). The monoisotopic (exact) mass is 351 g/mol. The normalized spacial score (nSPS) is 16.5. The van der Waals surface area contributed by atoms with E-state index in [0.717, 1.165) is 16.0 Å². The van der Waals surface area contributed by atoms with Gasteiger partial charge < -0.3 is 10.2 Å². The number of carbonyl (C=O) groups excluding carboxylic acids is 3. The Hall–Kier alpha value is -3.15. The lowest BCUT2D eigenvalue weighted by Gasteiger charge is -2.20. The third-order valence-electron chi connectivity index (χ3n) is 4.37. The van der Waals surface area contributed by atoms with Crippen molar-refractivity contribution in [2.45, 2.75) is 19.0 Å². The molecule has 1 unspecified atom stereocenters. The maximum atomic E-state index is 12.5. The SMILES string of the molecule is CN(Cc1ccccc1)C(=O)CN1C(=O)NC(Cc2ccccc2)C1=O. The predicted octanol–water partition coefficient (Wildman–Crippen LogP) is 1.81. The van der Waals surface area contributed by atoms with E-state index in [0.29, 0.717) is 13.0 Å². The second-order valence-electron chi connectivity index (χ2n) is 6.35. The number of rotatable bonds is 6. The Labute approximate surface area is 152 Å². The molecule has 0 aliphatic carbocycles. The zero-order valence-corrected chi connectivity index (χ0v) is 14.6. The molecule has 0 saturated carbocycles. The van der Waals surface area contributed by atoms with Crippen LogP contribution in [-0.2, 0) is 22.6 Å². The summed E-state index contributed by atoms with van der Waals surface area (Å²) < 4.78 is 0. The van der Waals surface area contributed by atoms with Gasteiger partial charge in [-0.05, 0) is 11.1 Å². The van der Waals surface area contributed by atoms with Gasteiger partial charge >= 0.3 is 6.03 Å². The van der Waals surface area contributed by atoms with Crippen molar-refractivity contribution in [2.24, 2.45) is 0 Å². The molecule has 26 heavy (non-hydrogen) atoms. The first kappa shape index (κ1) is 17.7. The highest BCUT2D eigenvalue weighted by Gasteiger charge is 2.39. The van der Waals surface area contributed by atoms with E-state index >= 15 is 0 Å². The lowest BCUT2D eigenvalue weighted by Crippen LogP contribution is -2.41. The van der Waals surface area contributed by atoms with Gasteiger partial charge in [0.15, 0.2) is 0 Å². The van der Waals surface area contributed by atoms with Gasteiger partial charge in [0.05, 0.1) is 0 Å². The molecule has 1 atom stereocenters. The zero-order chi connectivity index (χ0) is 18.5. The van der Waals surface area contributed by atoms with Crippen molar-refractivity contribution < 1.29 is 14.4 Å². The van der Waals surface area contributed by atoms with Crippen molar-refractivity contribution >= 4 is 17.8 Å². The quantitative estimate of drug-likeness (QED) is 0.807. The number of urea groups is 1. The summed E-state index contributed by atoms with van der Waals surface area (Å²) in [6.07, 6.45) is 0.413. The van der Waals surface area contributed by atoms with Crippen LogP contribution in [0.1, 0.15) is 11.1 Å². The highest BCUT2D eigenvalue weighted by molar-refractivity contribution is 6.06. The van der Waals surface area contributed by atoms with Gasteiger partial charge in [-0.1, -0.05) is 60.7 Å². The molecule has 0 spiro atoms. The molecular formula is C20H21N3O3.